The van der Waals surface area contributed by atoms with Gasteiger partial charge in [-0.05, 0) is 26.7 Å². The Hall–Kier alpha value is 0.460. The Kier molecular flexibility index (Phi) is 7.07. The van der Waals surface area contributed by atoms with Crippen LogP contribution < -0.4 is 0 Å². The Bertz CT molecular complexity index is 338. The van der Waals surface area contributed by atoms with Crippen molar-refractivity contribution in [2.75, 3.05) is 32.2 Å². The Balaban J connectivity index is 2.69. The zero-order valence-electron chi connectivity index (χ0n) is 13.7. The highest BCUT2D eigenvalue weighted by molar-refractivity contribution is 8.56. The summed E-state index contributed by atoms with van der Waals surface area (Å²) in [5.41, 5.74) is -0.316. The average molecular weight is 323 g/mol. The highest BCUT2D eigenvalue weighted by atomic mass is 32.7. The van der Waals surface area contributed by atoms with Crippen LogP contribution in [0.1, 0.15) is 41.5 Å². The fourth-order valence-electron chi connectivity index (χ4n) is 1.87. The van der Waals surface area contributed by atoms with Gasteiger partial charge in [-0.3, -0.25) is 9.46 Å². The summed E-state index contributed by atoms with van der Waals surface area (Å²) < 4.78 is 24.6. The molecule has 1 aliphatic rings. The molecule has 2 atom stereocenters. The number of morpholine rings is 1. The predicted octanol–water partition coefficient (Wildman–Crippen LogP) is 4.06. The monoisotopic (exact) mass is 323 g/mol. The molecule has 1 rings (SSSR count). The molecule has 20 heavy (non-hydrogen) atoms. The Labute approximate surface area is 128 Å². The van der Waals surface area contributed by atoms with Crippen LogP contribution >= 0.6 is 18.0 Å². The molecule has 0 aromatic carbocycles. The average Bonchev–Trinajstić information content (AvgIpc) is 2.34. The summed E-state index contributed by atoms with van der Waals surface area (Å²) in [6, 6.07) is 0. The van der Waals surface area contributed by atoms with Crippen molar-refractivity contribution < 1.29 is 13.8 Å². The summed E-state index contributed by atoms with van der Waals surface area (Å²) in [6.45, 7) is 12.8. The van der Waals surface area contributed by atoms with Gasteiger partial charge in [0.2, 0.25) is 0 Å². The minimum absolute atomic E-state index is 0.0627. The summed E-state index contributed by atoms with van der Waals surface area (Å²) in [6.07, 6.45) is 0. The molecule has 4 nitrogen and oxygen atoms in total. The van der Waals surface area contributed by atoms with E-state index in [2.05, 4.69) is 18.7 Å². The van der Waals surface area contributed by atoms with Gasteiger partial charge in [0.05, 0.1) is 24.7 Å². The van der Waals surface area contributed by atoms with Gasteiger partial charge < -0.3 is 9.26 Å². The van der Waals surface area contributed by atoms with E-state index in [0.717, 1.165) is 32.2 Å². The highest BCUT2D eigenvalue weighted by Crippen LogP contribution is 2.66. The molecule has 6 heteroatoms. The molecule has 0 aromatic rings. The minimum atomic E-state index is -2.72. The van der Waals surface area contributed by atoms with Gasteiger partial charge in [0.25, 0.3) is 6.57 Å². The van der Waals surface area contributed by atoms with E-state index in [9.17, 15) is 4.57 Å². The molecule has 1 heterocycles. The molecule has 1 saturated heterocycles. The van der Waals surface area contributed by atoms with Gasteiger partial charge in [0.15, 0.2) is 0 Å². The van der Waals surface area contributed by atoms with Crippen LogP contribution in [0.25, 0.3) is 0 Å². The highest BCUT2D eigenvalue weighted by Gasteiger charge is 2.38. The second kappa shape index (κ2) is 7.64. The maximum Gasteiger partial charge on any atom is 0.262 e. The van der Waals surface area contributed by atoms with E-state index in [4.69, 9.17) is 9.26 Å². The van der Waals surface area contributed by atoms with Crippen LogP contribution in [0.4, 0.5) is 0 Å². The van der Waals surface area contributed by atoms with Gasteiger partial charge in [-0.2, -0.15) is 0 Å². The second-order valence-corrected chi connectivity index (χ2v) is 11.6. The van der Waals surface area contributed by atoms with Crippen LogP contribution in [0.2, 0.25) is 0 Å². The molecule has 1 fully saturated rings. The quantitative estimate of drug-likeness (QED) is 0.689. The lowest BCUT2D eigenvalue weighted by atomic mass is 10.2. The Morgan fingerprint density at radius 3 is 2.25 bits per heavy atom. The van der Waals surface area contributed by atoms with Crippen molar-refractivity contribution in [1.82, 2.24) is 4.90 Å². The van der Waals surface area contributed by atoms with E-state index in [-0.39, 0.29) is 11.3 Å². The SMILES string of the molecule is CC(C)C(C)P(=O)(OC(C)(C)C)SCN1CCOCC1. The zero-order chi connectivity index (χ0) is 15.4. The van der Waals surface area contributed by atoms with Crippen LogP contribution in [0.5, 0.6) is 0 Å². The third-order valence-electron chi connectivity index (χ3n) is 3.39. The number of hydrogen-bond acceptors (Lipinski definition) is 5. The predicted molar refractivity (Wildman–Crippen MR) is 87.6 cm³/mol. The van der Waals surface area contributed by atoms with Crippen molar-refractivity contribution in [3.63, 3.8) is 0 Å². The van der Waals surface area contributed by atoms with Gasteiger partial charge in [-0.1, -0.05) is 32.2 Å². The van der Waals surface area contributed by atoms with E-state index in [1.165, 1.54) is 11.4 Å². The fourth-order valence-corrected chi connectivity index (χ4v) is 7.63. The van der Waals surface area contributed by atoms with Crippen LogP contribution in [-0.4, -0.2) is 48.3 Å². The smallest absolute Gasteiger partial charge is 0.262 e. The van der Waals surface area contributed by atoms with E-state index in [1.807, 2.05) is 27.7 Å². The van der Waals surface area contributed by atoms with Crippen molar-refractivity contribution in [3.8, 4) is 0 Å². The lowest BCUT2D eigenvalue weighted by Crippen LogP contribution is -2.36. The molecule has 1 aliphatic heterocycles. The third-order valence-corrected chi connectivity index (χ3v) is 9.27. The lowest BCUT2D eigenvalue weighted by Gasteiger charge is -2.34. The van der Waals surface area contributed by atoms with Gasteiger partial charge >= 0.3 is 0 Å². The van der Waals surface area contributed by atoms with Crippen LogP contribution in [0.3, 0.4) is 0 Å². The molecule has 0 amide bonds. The van der Waals surface area contributed by atoms with Gasteiger partial charge in [0, 0.05) is 18.7 Å². The lowest BCUT2D eigenvalue weighted by molar-refractivity contribution is 0.0474. The van der Waals surface area contributed by atoms with Crippen molar-refractivity contribution in [2.45, 2.75) is 52.8 Å². The maximum atomic E-state index is 13.3. The first-order valence-electron chi connectivity index (χ1n) is 7.39. The topological polar surface area (TPSA) is 38.8 Å². The first-order valence-corrected chi connectivity index (χ1v) is 10.7. The molecule has 0 aliphatic carbocycles. The molecule has 0 aromatic heterocycles. The normalized spacial score (nSPS) is 22.8. The zero-order valence-corrected chi connectivity index (χ0v) is 15.4. The fraction of sp³-hybridized carbons (Fsp3) is 1.00. The standard InChI is InChI=1S/C14H30NO3PS/c1-12(2)13(3)19(16,18-14(4,5)6)20-11-15-7-9-17-10-8-15/h12-13H,7-11H2,1-6H3. The number of rotatable bonds is 6. The summed E-state index contributed by atoms with van der Waals surface area (Å²) in [5, 5.41) is 0. The van der Waals surface area contributed by atoms with Crippen molar-refractivity contribution in [1.29, 1.82) is 0 Å². The van der Waals surface area contributed by atoms with E-state index >= 15 is 0 Å². The van der Waals surface area contributed by atoms with Crippen molar-refractivity contribution in [2.24, 2.45) is 5.92 Å². The maximum absolute atomic E-state index is 13.3. The number of nitrogens with zero attached hydrogens (tertiary/aromatic N) is 1. The molecular formula is C14H30NO3PS. The third kappa shape index (κ3) is 6.07. The first kappa shape index (κ1) is 18.5. The molecule has 0 spiro atoms. The Morgan fingerprint density at radius 1 is 1.25 bits per heavy atom. The van der Waals surface area contributed by atoms with Crippen LogP contribution in [0.15, 0.2) is 0 Å². The summed E-state index contributed by atoms with van der Waals surface area (Å²) in [5.74, 6) is 1.11. The van der Waals surface area contributed by atoms with E-state index in [1.54, 1.807) is 0 Å². The van der Waals surface area contributed by atoms with Crippen LogP contribution in [0, 0.1) is 5.92 Å². The van der Waals surface area contributed by atoms with Gasteiger partial charge in [-0.15, -0.1) is 0 Å². The van der Waals surface area contributed by atoms with Crippen molar-refractivity contribution >= 4 is 18.0 Å². The summed E-state index contributed by atoms with van der Waals surface area (Å²) in [7, 11) is 0. The molecule has 0 bridgehead atoms. The van der Waals surface area contributed by atoms with E-state index < -0.39 is 6.57 Å². The molecule has 120 valence electrons. The first-order chi connectivity index (χ1) is 9.14. The second-order valence-electron chi connectivity index (χ2n) is 6.72. The molecule has 0 N–H and O–H groups in total. The van der Waals surface area contributed by atoms with Gasteiger partial charge in [-0.25, -0.2) is 0 Å². The number of hydrogen-bond donors (Lipinski definition) is 0. The Morgan fingerprint density at radius 2 is 1.80 bits per heavy atom. The van der Waals surface area contributed by atoms with Crippen molar-refractivity contribution in [3.05, 3.63) is 0 Å². The summed E-state index contributed by atoms with van der Waals surface area (Å²) in [4.78, 5) is 2.29. The molecule has 0 radical (unpaired) electrons. The summed E-state index contributed by atoms with van der Waals surface area (Å²) >= 11 is 1.50. The largest absolute Gasteiger partial charge is 0.379 e. The van der Waals surface area contributed by atoms with Crippen LogP contribution in [-0.2, 0) is 13.8 Å². The van der Waals surface area contributed by atoms with Gasteiger partial charge in [0.1, 0.15) is 0 Å². The number of ether oxygens (including phenoxy) is 1. The minimum Gasteiger partial charge on any atom is -0.379 e. The molecule has 2 unspecified atom stereocenters. The molecular weight excluding hydrogens is 293 g/mol. The molecule has 0 saturated carbocycles. The van der Waals surface area contributed by atoms with E-state index in [0.29, 0.717) is 5.92 Å².